The van der Waals surface area contributed by atoms with Crippen molar-refractivity contribution in [3.05, 3.63) is 11.4 Å². The number of aromatic nitrogens is 2. The van der Waals surface area contributed by atoms with E-state index in [1.165, 1.54) is 0 Å². The van der Waals surface area contributed by atoms with Gasteiger partial charge in [0.2, 0.25) is 5.95 Å². The molecule has 0 aromatic carbocycles. The summed E-state index contributed by atoms with van der Waals surface area (Å²) in [6, 6.07) is 2.11. The Morgan fingerprint density at radius 3 is 3.05 bits per heavy atom. The third-order valence-corrected chi connectivity index (χ3v) is 4.83. The van der Waals surface area contributed by atoms with Gasteiger partial charge in [-0.25, -0.2) is 4.98 Å². The number of nitrogens with one attached hydrogen (secondary N) is 1. The van der Waals surface area contributed by atoms with Crippen LogP contribution in [-0.2, 0) is 4.74 Å². The van der Waals surface area contributed by atoms with E-state index in [9.17, 15) is 0 Å². The molecular weight excluding hydrogens is 272 g/mol. The van der Waals surface area contributed by atoms with Crippen LogP contribution in [0.1, 0.15) is 13.3 Å². The van der Waals surface area contributed by atoms with Gasteiger partial charge in [-0.05, 0) is 23.8 Å². The zero-order valence-corrected chi connectivity index (χ0v) is 12.9. The first kappa shape index (κ1) is 13.6. The Hall–Kier alpha value is -1.40. The second-order valence-corrected chi connectivity index (χ2v) is 6.14. The minimum absolute atomic E-state index is 0.269. The average Bonchev–Trinajstić information content (AvgIpc) is 2.95. The lowest BCUT2D eigenvalue weighted by Gasteiger charge is -2.37. The molecule has 5 nitrogen and oxygen atoms in total. The molecule has 0 saturated carbocycles. The molecule has 3 heterocycles. The second kappa shape index (κ2) is 5.54. The summed E-state index contributed by atoms with van der Waals surface area (Å²) in [6.45, 7) is 4.17. The number of fused-ring (bicyclic) bond motifs is 1. The lowest BCUT2D eigenvalue weighted by atomic mass is 9.96. The van der Waals surface area contributed by atoms with Crippen molar-refractivity contribution in [2.45, 2.75) is 19.4 Å². The highest BCUT2D eigenvalue weighted by Gasteiger charge is 2.28. The Balaban J connectivity index is 1.98. The van der Waals surface area contributed by atoms with Crippen LogP contribution in [0.3, 0.4) is 0 Å². The van der Waals surface area contributed by atoms with E-state index in [4.69, 9.17) is 4.74 Å². The number of piperidine rings is 1. The molecule has 1 saturated heterocycles. The molecule has 108 valence electrons. The maximum Gasteiger partial charge on any atom is 0.225 e. The first-order chi connectivity index (χ1) is 9.72. The molecule has 1 N–H and O–H groups in total. The van der Waals surface area contributed by atoms with Crippen LogP contribution in [0.5, 0.6) is 0 Å². The van der Waals surface area contributed by atoms with Crippen molar-refractivity contribution in [3.63, 3.8) is 0 Å². The van der Waals surface area contributed by atoms with Gasteiger partial charge >= 0.3 is 0 Å². The van der Waals surface area contributed by atoms with Crippen LogP contribution in [0.15, 0.2) is 11.4 Å². The lowest BCUT2D eigenvalue weighted by Crippen LogP contribution is -2.44. The summed E-state index contributed by atoms with van der Waals surface area (Å²) in [4.78, 5) is 12.5. The van der Waals surface area contributed by atoms with E-state index in [-0.39, 0.29) is 6.10 Å². The minimum atomic E-state index is 0.269. The van der Waals surface area contributed by atoms with Gasteiger partial charge in [-0.2, -0.15) is 4.98 Å². The van der Waals surface area contributed by atoms with Crippen LogP contribution >= 0.6 is 11.3 Å². The van der Waals surface area contributed by atoms with Crippen molar-refractivity contribution in [3.8, 4) is 0 Å². The Labute approximate surface area is 123 Å². The van der Waals surface area contributed by atoms with Gasteiger partial charge in [-0.3, -0.25) is 0 Å². The third kappa shape index (κ3) is 2.33. The van der Waals surface area contributed by atoms with Crippen LogP contribution in [0.2, 0.25) is 0 Å². The molecule has 0 radical (unpaired) electrons. The van der Waals surface area contributed by atoms with Crippen LogP contribution in [-0.4, -0.2) is 43.3 Å². The molecule has 0 amide bonds. The van der Waals surface area contributed by atoms with Crippen molar-refractivity contribution >= 4 is 33.3 Å². The van der Waals surface area contributed by atoms with Gasteiger partial charge in [0.15, 0.2) is 0 Å². The van der Waals surface area contributed by atoms with Crippen molar-refractivity contribution in [1.29, 1.82) is 0 Å². The van der Waals surface area contributed by atoms with E-state index < -0.39 is 0 Å². The standard InChI is InChI=1S/C14H20N4OS/c1-9-4-6-18(8-11(9)19-3)12-10-5-7-20-13(10)17-14(15-2)16-12/h5,7,9,11H,4,6,8H2,1-3H3,(H,15,16,17). The molecule has 0 bridgehead atoms. The number of ether oxygens (including phenoxy) is 1. The van der Waals surface area contributed by atoms with E-state index in [0.29, 0.717) is 11.9 Å². The summed E-state index contributed by atoms with van der Waals surface area (Å²) in [5.74, 6) is 2.30. The summed E-state index contributed by atoms with van der Waals surface area (Å²) < 4.78 is 5.61. The predicted molar refractivity (Wildman–Crippen MR) is 83.8 cm³/mol. The molecule has 20 heavy (non-hydrogen) atoms. The van der Waals surface area contributed by atoms with Gasteiger partial charge in [-0.1, -0.05) is 6.92 Å². The average molecular weight is 292 g/mol. The molecule has 1 aliphatic heterocycles. The molecule has 2 unspecified atom stereocenters. The Morgan fingerprint density at radius 1 is 1.45 bits per heavy atom. The lowest BCUT2D eigenvalue weighted by molar-refractivity contribution is 0.0497. The molecule has 2 aromatic heterocycles. The molecule has 1 fully saturated rings. The first-order valence-electron chi connectivity index (χ1n) is 6.93. The van der Waals surface area contributed by atoms with E-state index in [0.717, 1.165) is 35.5 Å². The second-order valence-electron chi connectivity index (χ2n) is 5.25. The van der Waals surface area contributed by atoms with E-state index in [1.54, 1.807) is 18.4 Å². The molecule has 0 spiro atoms. The maximum atomic E-state index is 5.61. The van der Waals surface area contributed by atoms with Gasteiger partial charge in [0.05, 0.1) is 11.5 Å². The molecule has 2 atom stereocenters. The number of thiophene rings is 1. The van der Waals surface area contributed by atoms with Crippen LogP contribution < -0.4 is 10.2 Å². The summed E-state index contributed by atoms with van der Waals surface area (Å²) in [6.07, 6.45) is 1.40. The van der Waals surface area contributed by atoms with Gasteiger partial charge in [0.1, 0.15) is 10.6 Å². The fraction of sp³-hybridized carbons (Fsp3) is 0.571. The van der Waals surface area contributed by atoms with Gasteiger partial charge < -0.3 is 15.0 Å². The molecule has 3 rings (SSSR count). The normalized spacial score (nSPS) is 23.2. The zero-order chi connectivity index (χ0) is 14.1. The van der Waals surface area contributed by atoms with Crippen LogP contribution in [0.4, 0.5) is 11.8 Å². The largest absolute Gasteiger partial charge is 0.379 e. The highest BCUT2D eigenvalue weighted by Crippen LogP contribution is 2.32. The first-order valence-corrected chi connectivity index (χ1v) is 7.81. The Morgan fingerprint density at radius 2 is 2.30 bits per heavy atom. The molecule has 2 aromatic rings. The van der Waals surface area contributed by atoms with Gasteiger partial charge in [0, 0.05) is 27.2 Å². The smallest absolute Gasteiger partial charge is 0.225 e. The van der Waals surface area contributed by atoms with Crippen LogP contribution in [0.25, 0.3) is 10.2 Å². The van der Waals surface area contributed by atoms with E-state index in [1.807, 2.05) is 7.05 Å². The molecule has 0 aliphatic carbocycles. The zero-order valence-electron chi connectivity index (χ0n) is 12.1. The third-order valence-electron chi connectivity index (χ3n) is 4.02. The monoisotopic (exact) mass is 292 g/mol. The van der Waals surface area contributed by atoms with Crippen molar-refractivity contribution in [2.75, 3.05) is 37.5 Å². The van der Waals surface area contributed by atoms with Crippen molar-refractivity contribution in [1.82, 2.24) is 9.97 Å². The van der Waals surface area contributed by atoms with Crippen molar-refractivity contribution in [2.24, 2.45) is 5.92 Å². The molecule has 1 aliphatic rings. The van der Waals surface area contributed by atoms with Gasteiger partial charge in [-0.15, -0.1) is 11.3 Å². The number of hydrogen-bond acceptors (Lipinski definition) is 6. The topological polar surface area (TPSA) is 50.3 Å². The molecule has 6 heteroatoms. The number of rotatable bonds is 3. The van der Waals surface area contributed by atoms with Crippen molar-refractivity contribution < 1.29 is 4.74 Å². The maximum absolute atomic E-state index is 5.61. The quantitative estimate of drug-likeness (QED) is 0.942. The minimum Gasteiger partial charge on any atom is -0.379 e. The van der Waals surface area contributed by atoms with Crippen LogP contribution in [0, 0.1) is 5.92 Å². The fourth-order valence-electron chi connectivity index (χ4n) is 2.73. The number of hydrogen-bond donors (Lipinski definition) is 1. The predicted octanol–water partition coefficient (Wildman–Crippen LogP) is 2.59. The molecular formula is C14H20N4OS. The Bertz CT molecular complexity index is 600. The van der Waals surface area contributed by atoms with E-state index in [2.05, 4.69) is 38.6 Å². The number of methoxy groups -OCH3 is 1. The SMILES string of the molecule is CNc1nc(N2CCC(C)C(OC)C2)c2ccsc2n1. The number of nitrogens with zero attached hydrogens (tertiary/aromatic N) is 3. The summed E-state index contributed by atoms with van der Waals surface area (Å²) >= 11 is 1.65. The fourth-order valence-corrected chi connectivity index (χ4v) is 3.48. The highest BCUT2D eigenvalue weighted by molar-refractivity contribution is 7.16. The summed E-state index contributed by atoms with van der Waals surface area (Å²) in [7, 11) is 3.65. The summed E-state index contributed by atoms with van der Waals surface area (Å²) in [5.41, 5.74) is 0. The summed E-state index contributed by atoms with van der Waals surface area (Å²) in [5, 5.41) is 6.26. The van der Waals surface area contributed by atoms with E-state index >= 15 is 0 Å². The Kier molecular flexibility index (Phi) is 3.76. The number of anilines is 2. The van der Waals surface area contributed by atoms with Gasteiger partial charge in [0.25, 0.3) is 0 Å². The highest BCUT2D eigenvalue weighted by atomic mass is 32.1.